The van der Waals surface area contributed by atoms with Gasteiger partial charge in [-0.25, -0.2) is 0 Å². The van der Waals surface area contributed by atoms with Gasteiger partial charge in [-0.3, -0.25) is 4.90 Å². The molecular weight excluding hydrogens is 276 g/mol. The Labute approximate surface area is 133 Å². The topological polar surface area (TPSA) is 15.3 Å². The fourth-order valence-corrected chi connectivity index (χ4v) is 5.45. The molecule has 2 nitrogen and oxygen atoms in total. The zero-order chi connectivity index (χ0) is 15.0. The molecule has 3 rings (SSSR count). The minimum Gasteiger partial charge on any atom is -0.313 e. The van der Waals surface area contributed by atoms with E-state index in [4.69, 9.17) is 0 Å². The lowest BCUT2D eigenvalue weighted by Gasteiger charge is -2.38. The highest BCUT2D eigenvalue weighted by molar-refractivity contribution is 7.10. The van der Waals surface area contributed by atoms with E-state index in [9.17, 15) is 0 Å². The Hall–Kier alpha value is -0.380. The van der Waals surface area contributed by atoms with E-state index < -0.39 is 0 Å². The normalized spacial score (nSPS) is 32.3. The Morgan fingerprint density at radius 3 is 3.00 bits per heavy atom. The highest BCUT2D eigenvalue weighted by atomic mass is 32.1. The maximum absolute atomic E-state index is 3.78. The van der Waals surface area contributed by atoms with E-state index in [1.165, 1.54) is 32.4 Å². The van der Waals surface area contributed by atoms with Gasteiger partial charge in [-0.15, -0.1) is 11.3 Å². The Morgan fingerprint density at radius 2 is 2.24 bits per heavy atom. The summed E-state index contributed by atoms with van der Waals surface area (Å²) in [6.07, 6.45) is 3.99. The Kier molecular flexibility index (Phi) is 4.45. The highest BCUT2D eigenvalue weighted by Crippen LogP contribution is 2.43. The summed E-state index contributed by atoms with van der Waals surface area (Å²) in [5.41, 5.74) is 2.04. The molecule has 2 aliphatic rings. The smallest absolute Gasteiger partial charge is 0.0331 e. The van der Waals surface area contributed by atoms with E-state index in [2.05, 4.69) is 49.4 Å². The van der Waals surface area contributed by atoms with Crippen LogP contribution in [-0.2, 0) is 6.42 Å². The Morgan fingerprint density at radius 1 is 1.43 bits per heavy atom. The molecule has 1 saturated carbocycles. The molecule has 21 heavy (non-hydrogen) atoms. The molecule has 1 fully saturated rings. The van der Waals surface area contributed by atoms with Gasteiger partial charge in [0.1, 0.15) is 0 Å². The number of hydrogen-bond donors (Lipinski definition) is 1. The molecule has 3 heteroatoms. The molecule has 0 radical (unpaired) electrons. The van der Waals surface area contributed by atoms with Crippen molar-refractivity contribution in [1.82, 2.24) is 10.2 Å². The lowest BCUT2D eigenvalue weighted by atomic mass is 9.84. The first-order valence-electron chi connectivity index (χ1n) is 8.56. The predicted molar refractivity (Wildman–Crippen MR) is 92.0 cm³/mol. The van der Waals surface area contributed by atoms with Crippen molar-refractivity contribution in [3.8, 4) is 0 Å². The van der Waals surface area contributed by atoms with Crippen molar-refractivity contribution in [1.29, 1.82) is 0 Å². The first-order chi connectivity index (χ1) is 10.0. The molecule has 1 aromatic heterocycles. The van der Waals surface area contributed by atoms with Crippen molar-refractivity contribution >= 4 is 11.3 Å². The lowest BCUT2D eigenvalue weighted by Crippen LogP contribution is -2.47. The summed E-state index contributed by atoms with van der Waals surface area (Å²) < 4.78 is 0. The number of fused-ring (bicyclic) bond motifs is 1. The maximum Gasteiger partial charge on any atom is 0.0331 e. The van der Waals surface area contributed by atoms with E-state index in [0.717, 1.165) is 12.5 Å². The standard InChI is InChI=1S/C18H30N2S/c1-5-19-17-14(6-9-18(17,3)4)12-20-10-7-16-15(13(20)2)8-11-21-16/h8,11,13-14,17,19H,5-7,9-10,12H2,1-4H3. The van der Waals surface area contributed by atoms with Gasteiger partial charge in [-0.1, -0.05) is 20.8 Å². The van der Waals surface area contributed by atoms with Gasteiger partial charge in [0.25, 0.3) is 0 Å². The van der Waals surface area contributed by atoms with Gasteiger partial charge in [-0.05, 0) is 61.1 Å². The summed E-state index contributed by atoms with van der Waals surface area (Å²) >= 11 is 1.94. The molecule has 0 saturated heterocycles. The van der Waals surface area contributed by atoms with Crippen molar-refractivity contribution in [3.05, 3.63) is 21.9 Å². The number of nitrogens with zero attached hydrogens (tertiary/aromatic N) is 1. The Bertz CT molecular complexity index is 479. The molecule has 1 aromatic rings. The first-order valence-corrected chi connectivity index (χ1v) is 9.44. The molecular formula is C18H30N2S. The van der Waals surface area contributed by atoms with Crippen LogP contribution in [-0.4, -0.2) is 30.6 Å². The van der Waals surface area contributed by atoms with Crippen LogP contribution >= 0.6 is 11.3 Å². The third-order valence-electron chi connectivity index (χ3n) is 5.77. The molecule has 0 amide bonds. The minimum absolute atomic E-state index is 0.452. The molecule has 0 aromatic carbocycles. The minimum atomic E-state index is 0.452. The van der Waals surface area contributed by atoms with Gasteiger partial charge >= 0.3 is 0 Å². The quantitative estimate of drug-likeness (QED) is 0.901. The van der Waals surface area contributed by atoms with Gasteiger partial charge in [-0.2, -0.15) is 0 Å². The SMILES string of the molecule is CCNC1C(CN2CCc3sccc3C2C)CCC1(C)C. The molecule has 118 valence electrons. The average molecular weight is 307 g/mol. The monoisotopic (exact) mass is 306 g/mol. The van der Waals surface area contributed by atoms with Crippen LogP contribution in [0.15, 0.2) is 11.4 Å². The van der Waals surface area contributed by atoms with E-state index in [-0.39, 0.29) is 0 Å². The van der Waals surface area contributed by atoms with Gasteiger partial charge in [0.05, 0.1) is 0 Å². The van der Waals surface area contributed by atoms with Crippen molar-refractivity contribution in [2.45, 2.75) is 59.0 Å². The van der Waals surface area contributed by atoms with E-state index in [1.807, 2.05) is 11.3 Å². The second-order valence-corrected chi connectivity index (χ2v) is 8.54. The fraction of sp³-hybridized carbons (Fsp3) is 0.778. The van der Waals surface area contributed by atoms with Crippen molar-refractivity contribution in [3.63, 3.8) is 0 Å². The average Bonchev–Trinajstić information content (AvgIpc) is 3.02. The maximum atomic E-state index is 3.78. The largest absolute Gasteiger partial charge is 0.313 e. The number of nitrogens with one attached hydrogen (secondary N) is 1. The van der Waals surface area contributed by atoms with Crippen LogP contribution in [0.25, 0.3) is 0 Å². The third kappa shape index (κ3) is 2.93. The van der Waals surface area contributed by atoms with E-state index >= 15 is 0 Å². The zero-order valence-corrected chi connectivity index (χ0v) is 14.8. The van der Waals surface area contributed by atoms with Crippen molar-refractivity contribution in [2.24, 2.45) is 11.3 Å². The van der Waals surface area contributed by atoms with Gasteiger partial charge < -0.3 is 5.32 Å². The van der Waals surface area contributed by atoms with Gasteiger partial charge in [0, 0.05) is 30.1 Å². The van der Waals surface area contributed by atoms with E-state index in [0.29, 0.717) is 17.5 Å². The summed E-state index contributed by atoms with van der Waals surface area (Å²) in [4.78, 5) is 4.35. The molecule has 0 spiro atoms. The second kappa shape index (κ2) is 6.02. The number of thiophene rings is 1. The fourth-order valence-electron chi connectivity index (χ4n) is 4.49. The molecule has 3 unspecified atom stereocenters. The first kappa shape index (κ1) is 15.5. The molecule has 1 aliphatic carbocycles. The van der Waals surface area contributed by atoms with Crippen molar-refractivity contribution < 1.29 is 0 Å². The third-order valence-corrected chi connectivity index (χ3v) is 6.77. The molecule has 3 atom stereocenters. The summed E-state index contributed by atoms with van der Waals surface area (Å²) in [7, 11) is 0. The van der Waals surface area contributed by atoms with Crippen LogP contribution in [0.4, 0.5) is 0 Å². The molecule has 2 heterocycles. The van der Waals surface area contributed by atoms with Crippen LogP contribution in [0.2, 0.25) is 0 Å². The van der Waals surface area contributed by atoms with Crippen LogP contribution in [0, 0.1) is 11.3 Å². The van der Waals surface area contributed by atoms with Gasteiger partial charge in [0.2, 0.25) is 0 Å². The summed E-state index contributed by atoms with van der Waals surface area (Å²) in [6.45, 7) is 13.1. The van der Waals surface area contributed by atoms with Crippen LogP contribution < -0.4 is 5.32 Å². The van der Waals surface area contributed by atoms with Gasteiger partial charge in [0.15, 0.2) is 0 Å². The Balaban J connectivity index is 1.69. The molecule has 1 aliphatic heterocycles. The summed E-state index contributed by atoms with van der Waals surface area (Å²) in [5, 5.41) is 6.05. The second-order valence-electron chi connectivity index (χ2n) is 7.54. The zero-order valence-electron chi connectivity index (χ0n) is 14.0. The van der Waals surface area contributed by atoms with Crippen LogP contribution in [0.3, 0.4) is 0 Å². The molecule has 1 N–H and O–H groups in total. The van der Waals surface area contributed by atoms with Crippen LogP contribution in [0.5, 0.6) is 0 Å². The molecule has 0 bridgehead atoms. The highest BCUT2D eigenvalue weighted by Gasteiger charge is 2.42. The van der Waals surface area contributed by atoms with Crippen LogP contribution in [0.1, 0.15) is 57.0 Å². The number of hydrogen-bond acceptors (Lipinski definition) is 3. The number of rotatable bonds is 4. The summed E-state index contributed by atoms with van der Waals surface area (Å²) in [5.74, 6) is 0.808. The van der Waals surface area contributed by atoms with Crippen molar-refractivity contribution in [2.75, 3.05) is 19.6 Å². The lowest BCUT2D eigenvalue weighted by molar-refractivity contribution is 0.144. The van der Waals surface area contributed by atoms with E-state index in [1.54, 1.807) is 10.4 Å². The predicted octanol–water partition coefficient (Wildman–Crippen LogP) is 4.08. The summed E-state index contributed by atoms with van der Waals surface area (Å²) in [6, 6.07) is 3.63.